The molecule has 86 valence electrons. The third kappa shape index (κ3) is 2.69. The Bertz CT molecular complexity index is 526. The van der Waals surface area contributed by atoms with E-state index in [2.05, 4.69) is 4.98 Å². The molecule has 17 heavy (non-hydrogen) atoms. The number of aldehydes is 1. The van der Waals surface area contributed by atoms with Crippen molar-refractivity contribution in [2.24, 2.45) is 0 Å². The van der Waals surface area contributed by atoms with Crippen molar-refractivity contribution >= 4 is 12.4 Å². The number of allylic oxidation sites excluding steroid dienone is 1. The molecule has 0 N–H and O–H groups in total. The van der Waals surface area contributed by atoms with Crippen LogP contribution in [0.15, 0.2) is 46.6 Å². The lowest BCUT2D eigenvalue weighted by atomic mass is 10.2. The Morgan fingerprint density at radius 2 is 2.29 bits per heavy atom. The molecular weight excluding hydrogens is 214 g/mol. The van der Waals surface area contributed by atoms with Crippen LogP contribution in [0.5, 0.6) is 0 Å². The maximum absolute atomic E-state index is 10.7. The van der Waals surface area contributed by atoms with Crippen LogP contribution in [-0.4, -0.2) is 11.3 Å². The molecule has 0 fully saturated rings. The van der Waals surface area contributed by atoms with E-state index in [-0.39, 0.29) is 0 Å². The summed E-state index contributed by atoms with van der Waals surface area (Å²) in [6.07, 6.45) is 6.77. The molecule has 0 saturated carbocycles. The molecular formula is C14H13NO2. The van der Waals surface area contributed by atoms with Crippen molar-refractivity contribution in [2.75, 3.05) is 0 Å². The van der Waals surface area contributed by atoms with Crippen LogP contribution in [0.2, 0.25) is 0 Å². The smallest absolute Gasteiger partial charge is 0.146 e. The number of nitrogens with zero attached hydrogens (tertiary/aromatic N) is 1. The lowest BCUT2D eigenvalue weighted by Gasteiger charge is -1.95. The quantitative estimate of drug-likeness (QED) is 0.594. The van der Waals surface area contributed by atoms with Gasteiger partial charge in [0.05, 0.1) is 0 Å². The molecule has 2 heterocycles. The number of pyridine rings is 1. The number of hydrogen-bond acceptors (Lipinski definition) is 3. The number of aromatic nitrogens is 1. The second-order valence-corrected chi connectivity index (χ2v) is 3.63. The largest absolute Gasteiger partial charge is 0.457 e. The average molecular weight is 227 g/mol. The van der Waals surface area contributed by atoms with Crippen LogP contribution >= 0.6 is 0 Å². The van der Waals surface area contributed by atoms with Crippen molar-refractivity contribution in [3.8, 4) is 11.3 Å². The molecule has 3 nitrogen and oxygen atoms in total. The van der Waals surface area contributed by atoms with E-state index in [1.807, 2.05) is 31.2 Å². The van der Waals surface area contributed by atoms with Gasteiger partial charge < -0.3 is 4.42 Å². The maximum atomic E-state index is 10.7. The second-order valence-electron chi connectivity index (χ2n) is 3.63. The molecule has 0 spiro atoms. The Kier molecular flexibility index (Phi) is 3.50. The van der Waals surface area contributed by atoms with E-state index in [0.29, 0.717) is 12.2 Å². The van der Waals surface area contributed by atoms with Crippen molar-refractivity contribution in [1.29, 1.82) is 0 Å². The summed E-state index contributed by atoms with van der Waals surface area (Å²) in [4.78, 5) is 14.7. The zero-order chi connectivity index (χ0) is 12.1. The summed E-state index contributed by atoms with van der Waals surface area (Å²) in [7, 11) is 0. The molecule has 0 atom stereocenters. The first kappa shape index (κ1) is 11.3. The lowest BCUT2D eigenvalue weighted by Crippen LogP contribution is -1.80. The number of carbonyl (C=O) groups excluding carboxylic acids is 1. The molecule has 2 rings (SSSR count). The SMILES string of the molecule is CCC(C=O)=Cc1ccc(-c2cccnc2)o1. The first-order valence-corrected chi connectivity index (χ1v) is 5.49. The minimum atomic E-state index is 0.688. The Labute approximate surface area is 99.8 Å². The van der Waals surface area contributed by atoms with Gasteiger partial charge in [-0.2, -0.15) is 0 Å². The summed E-state index contributed by atoms with van der Waals surface area (Å²) in [5.74, 6) is 1.44. The first-order chi connectivity index (χ1) is 8.33. The topological polar surface area (TPSA) is 43.1 Å². The summed E-state index contributed by atoms with van der Waals surface area (Å²) in [6.45, 7) is 1.94. The van der Waals surface area contributed by atoms with Gasteiger partial charge in [0, 0.05) is 18.0 Å². The van der Waals surface area contributed by atoms with Crippen molar-refractivity contribution in [3.63, 3.8) is 0 Å². The van der Waals surface area contributed by atoms with Gasteiger partial charge in [0.2, 0.25) is 0 Å². The van der Waals surface area contributed by atoms with Gasteiger partial charge in [0.25, 0.3) is 0 Å². The van der Waals surface area contributed by atoms with E-state index in [4.69, 9.17) is 4.42 Å². The molecule has 0 aliphatic carbocycles. The number of rotatable bonds is 4. The van der Waals surface area contributed by atoms with Crippen molar-refractivity contribution in [1.82, 2.24) is 4.98 Å². The molecule has 2 aromatic heterocycles. The average Bonchev–Trinajstić information content (AvgIpc) is 2.85. The first-order valence-electron chi connectivity index (χ1n) is 5.49. The predicted molar refractivity (Wildman–Crippen MR) is 66.3 cm³/mol. The van der Waals surface area contributed by atoms with Crippen LogP contribution < -0.4 is 0 Å². The van der Waals surface area contributed by atoms with Gasteiger partial charge in [0.1, 0.15) is 17.8 Å². The van der Waals surface area contributed by atoms with Crippen LogP contribution in [0.25, 0.3) is 17.4 Å². The molecule has 0 saturated heterocycles. The minimum Gasteiger partial charge on any atom is -0.457 e. The lowest BCUT2D eigenvalue weighted by molar-refractivity contribution is -0.104. The highest BCUT2D eigenvalue weighted by Gasteiger charge is 2.03. The Morgan fingerprint density at radius 3 is 2.94 bits per heavy atom. The van der Waals surface area contributed by atoms with Gasteiger partial charge in [-0.25, -0.2) is 0 Å². The molecule has 0 amide bonds. The third-order valence-corrected chi connectivity index (χ3v) is 2.46. The zero-order valence-corrected chi connectivity index (χ0v) is 9.59. The van der Waals surface area contributed by atoms with Gasteiger partial charge in [-0.1, -0.05) is 6.92 Å². The summed E-state index contributed by atoms with van der Waals surface area (Å²) >= 11 is 0. The fraction of sp³-hybridized carbons (Fsp3) is 0.143. The molecule has 0 radical (unpaired) electrons. The van der Waals surface area contributed by atoms with Crippen LogP contribution in [0.3, 0.4) is 0 Å². The van der Waals surface area contributed by atoms with E-state index < -0.39 is 0 Å². The van der Waals surface area contributed by atoms with Crippen molar-refractivity contribution in [2.45, 2.75) is 13.3 Å². The van der Waals surface area contributed by atoms with E-state index in [1.165, 1.54) is 0 Å². The number of furan rings is 1. The van der Waals surface area contributed by atoms with Gasteiger partial charge in [0.15, 0.2) is 0 Å². The van der Waals surface area contributed by atoms with Crippen molar-refractivity contribution in [3.05, 3.63) is 48.0 Å². The maximum Gasteiger partial charge on any atom is 0.146 e. The summed E-state index contributed by atoms with van der Waals surface area (Å²) in [5, 5.41) is 0. The predicted octanol–water partition coefficient (Wildman–Crippen LogP) is 3.33. The van der Waals surface area contributed by atoms with Crippen LogP contribution in [-0.2, 0) is 4.79 Å². The fourth-order valence-electron chi connectivity index (χ4n) is 1.50. The zero-order valence-electron chi connectivity index (χ0n) is 9.59. The minimum absolute atomic E-state index is 0.688. The van der Waals surface area contributed by atoms with E-state index >= 15 is 0 Å². The van der Waals surface area contributed by atoms with Gasteiger partial charge in [-0.15, -0.1) is 0 Å². The Hall–Kier alpha value is -2.16. The molecule has 0 aromatic carbocycles. The molecule has 0 unspecified atom stereocenters. The van der Waals surface area contributed by atoms with Gasteiger partial charge in [-0.05, 0) is 42.3 Å². The van der Waals surface area contributed by atoms with E-state index in [9.17, 15) is 4.79 Å². The van der Waals surface area contributed by atoms with Crippen LogP contribution in [0.4, 0.5) is 0 Å². The van der Waals surface area contributed by atoms with Crippen LogP contribution in [0.1, 0.15) is 19.1 Å². The number of hydrogen-bond donors (Lipinski definition) is 0. The normalized spacial score (nSPS) is 11.5. The summed E-state index contributed by atoms with van der Waals surface area (Å²) in [6, 6.07) is 7.51. The third-order valence-electron chi connectivity index (χ3n) is 2.46. The van der Waals surface area contributed by atoms with E-state index in [0.717, 1.165) is 23.2 Å². The van der Waals surface area contributed by atoms with Gasteiger partial charge >= 0.3 is 0 Å². The van der Waals surface area contributed by atoms with Crippen LogP contribution in [0, 0.1) is 0 Å². The molecule has 0 bridgehead atoms. The molecule has 3 heteroatoms. The molecule has 2 aromatic rings. The van der Waals surface area contributed by atoms with E-state index in [1.54, 1.807) is 18.5 Å². The Morgan fingerprint density at radius 1 is 1.41 bits per heavy atom. The highest BCUT2D eigenvalue weighted by atomic mass is 16.3. The highest BCUT2D eigenvalue weighted by molar-refractivity contribution is 5.80. The van der Waals surface area contributed by atoms with Crippen molar-refractivity contribution < 1.29 is 9.21 Å². The van der Waals surface area contributed by atoms with Gasteiger partial charge in [-0.3, -0.25) is 9.78 Å². The Balaban J connectivity index is 2.28. The highest BCUT2D eigenvalue weighted by Crippen LogP contribution is 2.22. The monoisotopic (exact) mass is 227 g/mol. The number of carbonyl (C=O) groups is 1. The fourth-order valence-corrected chi connectivity index (χ4v) is 1.50. The second kappa shape index (κ2) is 5.25. The molecule has 0 aliphatic heterocycles. The summed E-state index contributed by atoms with van der Waals surface area (Å²) in [5.41, 5.74) is 1.65. The molecule has 0 aliphatic rings. The standard InChI is InChI=1S/C14H13NO2/c1-2-11(10-16)8-13-5-6-14(17-13)12-4-3-7-15-9-12/h3-10H,2H2,1H3. The summed E-state index contributed by atoms with van der Waals surface area (Å²) < 4.78 is 5.63.